The summed E-state index contributed by atoms with van der Waals surface area (Å²) in [6.07, 6.45) is 8.12. The number of imidazole rings is 1. The quantitative estimate of drug-likeness (QED) is 0.936. The summed E-state index contributed by atoms with van der Waals surface area (Å²) in [5.74, 6) is 0.927. The monoisotopic (exact) mass is 275 g/mol. The molecule has 3 rings (SSSR count). The Morgan fingerprint density at radius 1 is 1.47 bits per heavy atom. The lowest BCUT2D eigenvalue weighted by molar-refractivity contribution is 0.0781. The van der Waals surface area contributed by atoms with Crippen molar-refractivity contribution in [2.75, 3.05) is 7.05 Å². The minimum atomic E-state index is 0.107. The van der Waals surface area contributed by atoms with Crippen LogP contribution in [-0.4, -0.2) is 27.8 Å². The van der Waals surface area contributed by atoms with Gasteiger partial charge < -0.3 is 9.88 Å². The Balaban J connectivity index is 1.78. The Hall–Kier alpha value is -1.62. The fraction of sp³-hybridized carbons (Fsp3) is 0.429. The summed E-state index contributed by atoms with van der Waals surface area (Å²) in [6.45, 7) is 0.524. The van der Waals surface area contributed by atoms with Gasteiger partial charge in [0.25, 0.3) is 5.91 Å². The minimum Gasteiger partial charge on any atom is -0.347 e. The third-order valence-corrected chi connectivity index (χ3v) is 4.67. The number of H-pyrrole nitrogens is 1. The third kappa shape index (κ3) is 2.42. The van der Waals surface area contributed by atoms with Gasteiger partial charge in [-0.25, -0.2) is 4.98 Å². The van der Waals surface area contributed by atoms with Gasteiger partial charge in [-0.3, -0.25) is 4.79 Å². The molecule has 0 atom stereocenters. The zero-order valence-electron chi connectivity index (χ0n) is 11.0. The summed E-state index contributed by atoms with van der Waals surface area (Å²) >= 11 is 1.73. The van der Waals surface area contributed by atoms with Gasteiger partial charge in [-0.15, -0.1) is 11.3 Å². The average Bonchev–Trinajstić information content (AvgIpc) is 3.06. The van der Waals surface area contributed by atoms with Crippen LogP contribution < -0.4 is 0 Å². The van der Waals surface area contributed by atoms with Gasteiger partial charge in [-0.2, -0.15) is 0 Å². The topological polar surface area (TPSA) is 49.0 Å². The van der Waals surface area contributed by atoms with Crippen LogP contribution in [0.1, 0.15) is 39.5 Å². The van der Waals surface area contributed by atoms with E-state index in [-0.39, 0.29) is 5.91 Å². The van der Waals surface area contributed by atoms with Gasteiger partial charge in [0, 0.05) is 29.7 Å². The molecule has 4 nitrogen and oxygen atoms in total. The number of thiophene rings is 1. The van der Waals surface area contributed by atoms with Crippen molar-refractivity contribution in [1.29, 1.82) is 0 Å². The van der Waals surface area contributed by atoms with Gasteiger partial charge in [0.05, 0.1) is 12.1 Å². The highest BCUT2D eigenvalue weighted by atomic mass is 32.1. The molecular formula is C14H17N3OS. The van der Waals surface area contributed by atoms with Gasteiger partial charge in [0.1, 0.15) is 5.82 Å². The number of carbonyl (C=O) groups is 1. The molecule has 1 aliphatic carbocycles. The van der Waals surface area contributed by atoms with Crippen LogP contribution in [0.15, 0.2) is 17.8 Å². The van der Waals surface area contributed by atoms with Crippen molar-refractivity contribution in [2.24, 2.45) is 0 Å². The van der Waals surface area contributed by atoms with Crippen LogP contribution in [0, 0.1) is 0 Å². The zero-order chi connectivity index (χ0) is 13.2. The Morgan fingerprint density at radius 2 is 2.32 bits per heavy atom. The summed E-state index contributed by atoms with van der Waals surface area (Å²) in [7, 11) is 1.83. The van der Waals surface area contributed by atoms with Crippen molar-refractivity contribution in [3.63, 3.8) is 0 Å². The number of nitrogens with one attached hydrogen (secondary N) is 1. The number of amides is 1. The molecular weight excluding hydrogens is 258 g/mol. The Bertz CT molecular complexity index is 574. The highest BCUT2D eigenvalue weighted by Gasteiger charge is 2.22. The normalized spacial score (nSPS) is 14.2. The first-order chi connectivity index (χ1) is 9.25. The van der Waals surface area contributed by atoms with Crippen molar-refractivity contribution in [3.05, 3.63) is 39.6 Å². The van der Waals surface area contributed by atoms with E-state index < -0.39 is 0 Å². The van der Waals surface area contributed by atoms with Crippen molar-refractivity contribution < 1.29 is 4.79 Å². The lowest BCUT2D eigenvalue weighted by Crippen LogP contribution is -2.27. The number of nitrogens with zero attached hydrogens (tertiary/aromatic N) is 2. The molecule has 2 heterocycles. The van der Waals surface area contributed by atoms with Crippen molar-refractivity contribution >= 4 is 17.2 Å². The van der Waals surface area contributed by atoms with Gasteiger partial charge in [-0.1, -0.05) is 0 Å². The van der Waals surface area contributed by atoms with E-state index in [1.54, 1.807) is 28.6 Å². The molecule has 1 aliphatic rings. The minimum absolute atomic E-state index is 0.107. The first-order valence-corrected chi connectivity index (χ1v) is 7.46. The predicted octanol–water partition coefficient (Wildman–Crippen LogP) is 2.62. The van der Waals surface area contributed by atoms with Gasteiger partial charge in [0.2, 0.25) is 0 Å². The first kappa shape index (κ1) is 12.4. The fourth-order valence-corrected chi connectivity index (χ4v) is 3.68. The maximum absolute atomic E-state index is 12.5. The van der Waals surface area contributed by atoms with Gasteiger partial charge in [-0.05, 0) is 31.2 Å². The number of hydrogen-bond donors (Lipinski definition) is 1. The second-order valence-electron chi connectivity index (χ2n) is 4.96. The van der Waals surface area contributed by atoms with Crippen LogP contribution in [0.3, 0.4) is 0 Å². The van der Waals surface area contributed by atoms with E-state index in [1.807, 2.05) is 12.4 Å². The number of fused-ring (bicyclic) bond motifs is 1. The second-order valence-corrected chi connectivity index (χ2v) is 5.92. The predicted molar refractivity (Wildman–Crippen MR) is 75.3 cm³/mol. The van der Waals surface area contributed by atoms with Crippen LogP contribution in [0.5, 0.6) is 0 Å². The van der Waals surface area contributed by atoms with Crippen LogP contribution in [0.25, 0.3) is 0 Å². The maximum Gasteiger partial charge on any atom is 0.255 e. The fourth-order valence-electron chi connectivity index (χ4n) is 2.56. The number of aromatic nitrogens is 2. The summed E-state index contributed by atoms with van der Waals surface area (Å²) < 4.78 is 0. The lowest BCUT2D eigenvalue weighted by atomic mass is 9.95. The van der Waals surface area contributed by atoms with E-state index in [0.29, 0.717) is 6.54 Å². The molecule has 100 valence electrons. The molecule has 0 aliphatic heterocycles. The molecule has 2 aromatic heterocycles. The molecule has 19 heavy (non-hydrogen) atoms. The first-order valence-electron chi connectivity index (χ1n) is 6.58. The van der Waals surface area contributed by atoms with E-state index in [9.17, 15) is 4.79 Å². The highest BCUT2D eigenvalue weighted by molar-refractivity contribution is 7.10. The van der Waals surface area contributed by atoms with Crippen LogP contribution in [0.4, 0.5) is 0 Å². The van der Waals surface area contributed by atoms with Crippen molar-refractivity contribution in [1.82, 2.24) is 14.9 Å². The molecule has 1 N–H and O–H groups in total. The number of rotatable bonds is 3. The smallest absolute Gasteiger partial charge is 0.255 e. The van der Waals surface area contributed by atoms with Crippen LogP contribution in [0.2, 0.25) is 0 Å². The molecule has 1 amide bonds. The summed E-state index contributed by atoms with van der Waals surface area (Å²) in [4.78, 5) is 22.8. The Morgan fingerprint density at radius 3 is 3.11 bits per heavy atom. The molecule has 2 aromatic rings. The maximum atomic E-state index is 12.5. The third-order valence-electron chi connectivity index (χ3n) is 3.58. The molecule has 0 spiro atoms. The summed E-state index contributed by atoms with van der Waals surface area (Å²) in [5.41, 5.74) is 2.18. The average molecular weight is 275 g/mol. The second kappa shape index (κ2) is 5.17. The molecule has 5 heteroatoms. The molecule has 0 aromatic carbocycles. The van der Waals surface area contributed by atoms with Crippen molar-refractivity contribution in [3.8, 4) is 0 Å². The molecule has 0 fully saturated rings. The Labute approximate surface area is 116 Å². The van der Waals surface area contributed by atoms with E-state index in [1.165, 1.54) is 23.3 Å². The van der Waals surface area contributed by atoms with E-state index in [4.69, 9.17) is 0 Å². The van der Waals surface area contributed by atoms with Crippen LogP contribution in [-0.2, 0) is 19.4 Å². The van der Waals surface area contributed by atoms with Gasteiger partial charge in [0.15, 0.2) is 0 Å². The number of aromatic amines is 1. The summed E-state index contributed by atoms with van der Waals surface area (Å²) in [5, 5.41) is 2.02. The molecule has 0 bridgehead atoms. The van der Waals surface area contributed by atoms with E-state index in [0.717, 1.165) is 24.2 Å². The van der Waals surface area contributed by atoms with Gasteiger partial charge >= 0.3 is 0 Å². The summed E-state index contributed by atoms with van der Waals surface area (Å²) in [6, 6.07) is 0. The van der Waals surface area contributed by atoms with Crippen LogP contribution >= 0.6 is 11.3 Å². The molecule has 0 radical (unpaired) electrons. The number of hydrogen-bond acceptors (Lipinski definition) is 3. The zero-order valence-corrected chi connectivity index (χ0v) is 11.8. The van der Waals surface area contributed by atoms with E-state index >= 15 is 0 Å². The SMILES string of the molecule is CN(Cc1ncc[nH]1)C(=O)c1csc2c1CCCC2. The standard InChI is InChI=1S/C14H17N3OS/c1-17(8-13-15-6-7-16-13)14(18)11-9-19-12-5-3-2-4-10(11)12/h6-7,9H,2-5,8H2,1H3,(H,15,16). The van der Waals surface area contributed by atoms with E-state index in [2.05, 4.69) is 9.97 Å². The van der Waals surface area contributed by atoms with Crippen molar-refractivity contribution in [2.45, 2.75) is 32.2 Å². The molecule has 0 saturated heterocycles. The highest BCUT2D eigenvalue weighted by Crippen LogP contribution is 2.30. The largest absolute Gasteiger partial charge is 0.347 e. The number of aryl methyl sites for hydroxylation is 1. The number of carbonyl (C=O) groups excluding carboxylic acids is 1. The molecule has 0 saturated carbocycles. The lowest BCUT2D eigenvalue weighted by Gasteiger charge is -2.18. The molecule has 0 unspecified atom stereocenters. The Kier molecular flexibility index (Phi) is 3.38.